The second-order valence-electron chi connectivity index (χ2n) is 5.71. The van der Waals surface area contributed by atoms with E-state index < -0.39 is 4.92 Å². The van der Waals surface area contributed by atoms with Gasteiger partial charge < -0.3 is 10.2 Å². The van der Waals surface area contributed by atoms with Crippen molar-refractivity contribution in [3.05, 3.63) is 15.8 Å². The van der Waals surface area contributed by atoms with E-state index in [0.29, 0.717) is 31.1 Å². The van der Waals surface area contributed by atoms with Gasteiger partial charge in [0, 0.05) is 26.7 Å². The van der Waals surface area contributed by atoms with Crippen LogP contribution in [0.4, 0.5) is 11.5 Å². The van der Waals surface area contributed by atoms with Crippen molar-refractivity contribution in [1.82, 2.24) is 15.1 Å². The topological polar surface area (TPSA) is 93.3 Å². The Bertz CT molecular complexity index is 569. The lowest BCUT2D eigenvalue weighted by Crippen LogP contribution is -2.44. The molecular formula is C14H23N5O3. The molecule has 2 heterocycles. The van der Waals surface area contributed by atoms with E-state index in [2.05, 4.69) is 10.4 Å². The van der Waals surface area contributed by atoms with Crippen LogP contribution < -0.4 is 10.2 Å². The Balaban J connectivity index is 2.19. The third kappa shape index (κ3) is 3.20. The molecule has 1 N–H and O–H groups in total. The van der Waals surface area contributed by atoms with E-state index in [4.69, 9.17) is 0 Å². The van der Waals surface area contributed by atoms with Crippen LogP contribution in [-0.2, 0) is 11.8 Å². The zero-order valence-electron chi connectivity index (χ0n) is 13.3. The highest BCUT2D eigenvalue weighted by molar-refractivity contribution is 5.79. The van der Waals surface area contributed by atoms with Gasteiger partial charge in [0.2, 0.25) is 11.7 Å². The molecule has 1 aliphatic heterocycles. The molecule has 1 fully saturated rings. The van der Waals surface area contributed by atoms with Gasteiger partial charge in [-0.25, -0.2) is 4.68 Å². The summed E-state index contributed by atoms with van der Waals surface area (Å²) in [5.41, 5.74) is 0.442. The summed E-state index contributed by atoms with van der Waals surface area (Å²) in [5, 5.41) is 18.4. The predicted octanol–water partition coefficient (Wildman–Crippen LogP) is 1.38. The number of anilines is 1. The summed E-state index contributed by atoms with van der Waals surface area (Å²) in [5.74, 6) is 0.402. The summed E-state index contributed by atoms with van der Waals surface area (Å²) in [4.78, 5) is 25.0. The van der Waals surface area contributed by atoms with Gasteiger partial charge in [-0.1, -0.05) is 6.92 Å². The molecule has 8 heteroatoms. The molecule has 0 bridgehead atoms. The fourth-order valence-corrected chi connectivity index (χ4v) is 2.98. The van der Waals surface area contributed by atoms with Crippen molar-refractivity contribution < 1.29 is 9.72 Å². The van der Waals surface area contributed by atoms with Crippen LogP contribution >= 0.6 is 0 Å². The van der Waals surface area contributed by atoms with Gasteiger partial charge in [-0.05, 0) is 26.2 Å². The maximum Gasteiger partial charge on any atom is 0.333 e. The minimum atomic E-state index is -0.390. The Hall–Kier alpha value is -2.12. The normalized spacial score (nSPS) is 18.3. The van der Waals surface area contributed by atoms with Crippen LogP contribution in [-0.4, -0.2) is 40.2 Å². The molecule has 0 radical (unpaired) electrons. The first-order chi connectivity index (χ1) is 10.5. The van der Waals surface area contributed by atoms with Crippen LogP contribution in [0.3, 0.4) is 0 Å². The monoisotopic (exact) mass is 309 g/mol. The molecule has 1 amide bonds. The van der Waals surface area contributed by atoms with E-state index in [0.717, 1.165) is 19.3 Å². The maximum atomic E-state index is 12.1. The van der Waals surface area contributed by atoms with Gasteiger partial charge in [0.25, 0.3) is 0 Å². The maximum absolute atomic E-state index is 12.1. The number of hydrogen-bond acceptors (Lipinski definition) is 5. The largest absolute Gasteiger partial charge is 0.356 e. The first kappa shape index (κ1) is 16.3. The summed E-state index contributed by atoms with van der Waals surface area (Å²) in [7, 11) is 1.70. The molecule has 1 saturated heterocycles. The number of carbonyl (C=O) groups excluding carboxylic acids is 1. The molecule has 2 rings (SSSR count). The van der Waals surface area contributed by atoms with Gasteiger partial charge in [0.05, 0.1) is 10.8 Å². The molecule has 122 valence electrons. The van der Waals surface area contributed by atoms with Crippen LogP contribution in [0.25, 0.3) is 0 Å². The Labute approximate surface area is 129 Å². The van der Waals surface area contributed by atoms with Crippen molar-refractivity contribution in [2.24, 2.45) is 13.0 Å². The van der Waals surface area contributed by atoms with Crippen LogP contribution in [0.15, 0.2) is 0 Å². The average molecular weight is 309 g/mol. The van der Waals surface area contributed by atoms with Gasteiger partial charge in [-0.15, -0.1) is 0 Å². The molecule has 1 aromatic heterocycles. The standard InChI is InChI=1S/C14H23N5O3/c1-4-7-15-13(20)11-6-5-8-18(9-11)14-12(19(21)22)10(2)16-17(14)3/h11H,4-9H2,1-3H3,(H,15,20). The molecule has 0 spiro atoms. The van der Waals surface area contributed by atoms with E-state index in [9.17, 15) is 14.9 Å². The zero-order valence-corrected chi connectivity index (χ0v) is 13.3. The molecule has 22 heavy (non-hydrogen) atoms. The van der Waals surface area contributed by atoms with E-state index in [1.165, 1.54) is 0 Å². The minimum Gasteiger partial charge on any atom is -0.356 e. The Morgan fingerprint density at radius 2 is 2.27 bits per heavy atom. The lowest BCUT2D eigenvalue weighted by molar-refractivity contribution is -0.384. The van der Waals surface area contributed by atoms with Crippen LogP contribution in [0.5, 0.6) is 0 Å². The summed E-state index contributed by atoms with van der Waals surface area (Å²) >= 11 is 0. The number of hydrogen-bond donors (Lipinski definition) is 1. The molecule has 8 nitrogen and oxygen atoms in total. The molecule has 1 unspecified atom stereocenters. The van der Waals surface area contributed by atoms with Crippen LogP contribution in [0, 0.1) is 23.0 Å². The van der Waals surface area contributed by atoms with E-state index in [1.54, 1.807) is 18.7 Å². The van der Waals surface area contributed by atoms with Crippen LogP contribution in [0.2, 0.25) is 0 Å². The Morgan fingerprint density at radius 3 is 2.91 bits per heavy atom. The molecule has 0 aliphatic carbocycles. The first-order valence-corrected chi connectivity index (χ1v) is 7.66. The third-order valence-electron chi connectivity index (χ3n) is 3.98. The highest BCUT2D eigenvalue weighted by Crippen LogP contribution is 2.33. The van der Waals surface area contributed by atoms with Gasteiger partial charge in [0.1, 0.15) is 5.69 Å². The minimum absolute atomic E-state index is 0.0353. The van der Waals surface area contributed by atoms with Crippen molar-refractivity contribution in [2.45, 2.75) is 33.1 Å². The van der Waals surface area contributed by atoms with E-state index in [-0.39, 0.29) is 17.5 Å². The Kier molecular flexibility index (Phi) is 4.99. The molecule has 1 atom stereocenters. The highest BCUT2D eigenvalue weighted by Gasteiger charge is 2.33. The van der Waals surface area contributed by atoms with Gasteiger partial charge in [0.15, 0.2) is 0 Å². The fraction of sp³-hybridized carbons (Fsp3) is 0.714. The highest BCUT2D eigenvalue weighted by atomic mass is 16.6. The van der Waals surface area contributed by atoms with Crippen molar-refractivity contribution >= 4 is 17.4 Å². The second-order valence-corrected chi connectivity index (χ2v) is 5.71. The quantitative estimate of drug-likeness (QED) is 0.655. The third-order valence-corrected chi connectivity index (χ3v) is 3.98. The summed E-state index contributed by atoms with van der Waals surface area (Å²) in [6, 6.07) is 0. The second kappa shape index (κ2) is 6.76. The molecule has 0 aromatic carbocycles. The summed E-state index contributed by atoms with van der Waals surface area (Å²) < 4.78 is 1.54. The SMILES string of the molecule is CCCNC(=O)C1CCCN(c2c([N+](=O)[O-])c(C)nn2C)C1. The molecule has 1 aliphatic rings. The van der Waals surface area contributed by atoms with Crippen molar-refractivity contribution in [3.63, 3.8) is 0 Å². The molecular weight excluding hydrogens is 286 g/mol. The zero-order chi connectivity index (χ0) is 16.3. The van der Waals surface area contributed by atoms with Gasteiger partial charge in [-0.2, -0.15) is 5.10 Å². The van der Waals surface area contributed by atoms with E-state index in [1.807, 2.05) is 11.8 Å². The average Bonchev–Trinajstić information content (AvgIpc) is 2.79. The number of rotatable bonds is 5. The molecule has 0 saturated carbocycles. The van der Waals surface area contributed by atoms with Crippen molar-refractivity contribution in [1.29, 1.82) is 0 Å². The number of piperidine rings is 1. The number of aromatic nitrogens is 2. The lowest BCUT2D eigenvalue weighted by atomic mass is 9.97. The lowest BCUT2D eigenvalue weighted by Gasteiger charge is -2.32. The smallest absolute Gasteiger partial charge is 0.333 e. The van der Waals surface area contributed by atoms with Gasteiger partial charge >= 0.3 is 5.69 Å². The number of nitrogens with one attached hydrogen (secondary N) is 1. The van der Waals surface area contributed by atoms with Gasteiger partial charge in [-0.3, -0.25) is 14.9 Å². The van der Waals surface area contributed by atoms with Crippen LogP contribution in [0.1, 0.15) is 31.9 Å². The Morgan fingerprint density at radius 1 is 1.55 bits per heavy atom. The number of nitro groups is 1. The van der Waals surface area contributed by atoms with E-state index >= 15 is 0 Å². The number of nitrogens with zero attached hydrogens (tertiary/aromatic N) is 4. The number of amides is 1. The molecule has 1 aromatic rings. The first-order valence-electron chi connectivity index (χ1n) is 7.66. The summed E-state index contributed by atoms with van der Waals surface area (Å²) in [6.45, 7) is 5.51. The number of carbonyl (C=O) groups is 1. The fourth-order valence-electron chi connectivity index (χ4n) is 2.98. The number of aryl methyl sites for hydroxylation is 2. The summed E-state index contributed by atoms with van der Waals surface area (Å²) in [6.07, 6.45) is 2.55. The van der Waals surface area contributed by atoms with Crippen molar-refractivity contribution in [2.75, 3.05) is 24.5 Å². The van der Waals surface area contributed by atoms with Crippen molar-refractivity contribution in [3.8, 4) is 0 Å². The predicted molar refractivity (Wildman–Crippen MR) is 82.8 cm³/mol.